The summed E-state index contributed by atoms with van der Waals surface area (Å²) in [6.07, 6.45) is 9.11. The van der Waals surface area contributed by atoms with Crippen LogP contribution in [-0.4, -0.2) is 51.3 Å². The number of rotatable bonds is 6. The third kappa shape index (κ3) is 5.06. The van der Waals surface area contributed by atoms with Crippen molar-refractivity contribution in [3.8, 4) is 10.7 Å². The molecule has 1 aliphatic heterocycles. The fourth-order valence-electron chi connectivity index (χ4n) is 2.71. The molecule has 1 saturated heterocycles. The lowest BCUT2D eigenvalue weighted by Crippen LogP contribution is -2.41. The van der Waals surface area contributed by atoms with Crippen LogP contribution in [0, 0.1) is 0 Å². The van der Waals surface area contributed by atoms with Gasteiger partial charge in [-0.1, -0.05) is 6.42 Å². The van der Waals surface area contributed by atoms with Gasteiger partial charge in [0.1, 0.15) is 10.7 Å². The van der Waals surface area contributed by atoms with E-state index < -0.39 is 0 Å². The Hall–Kier alpha value is -2.35. The lowest BCUT2D eigenvalue weighted by molar-refractivity contribution is -0.135. The molecule has 3 heterocycles. The largest absolute Gasteiger partial charge is 0.354 e. The Balaban J connectivity index is 1.44. The molecule has 0 saturated carbocycles. The predicted octanol–water partition coefficient (Wildman–Crippen LogP) is 1.66. The van der Waals surface area contributed by atoms with Gasteiger partial charge < -0.3 is 10.2 Å². The second-order valence-corrected chi connectivity index (χ2v) is 6.82. The first kappa shape index (κ1) is 17.5. The van der Waals surface area contributed by atoms with E-state index in [1.54, 1.807) is 23.5 Å². The van der Waals surface area contributed by atoms with Gasteiger partial charge >= 0.3 is 0 Å². The van der Waals surface area contributed by atoms with Crippen molar-refractivity contribution in [2.75, 3.05) is 19.6 Å². The minimum atomic E-state index is -0.111. The summed E-state index contributed by atoms with van der Waals surface area (Å²) in [5.74, 6) is -0.0274. The van der Waals surface area contributed by atoms with Crippen LogP contribution in [0.1, 0.15) is 31.4 Å². The van der Waals surface area contributed by atoms with Gasteiger partial charge in [0, 0.05) is 43.7 Å². The van der Waals surface area contributed by atoms with Gasteiger partial charge in [-0.3, -0.25) is 19.6 Å². The normalized spacial score (nSPS) is 15.0. The lowest BCUT2D eigenvalue weighted by Gasteiger charge is -2.19. The highest BCUT2D eigenvalue weighted by atomic mass is 32.1. The zero-order valence-corrected chi connectivity index (χ0v) is 14.8. The molecule has 1 aliphatic rings. The molecule has 0 atom stereocenters. The summed E-state index contributed by atoms with van der Waals surface area (Å²) in [7, 11) is 0. The fourth-order valence-corrected chi connectivity index (χ4v) is 3.53. The van der Waals surface area contributed by atoms with Crippen molar-refractivity contribution in [2.24, 2.45) is 0 Å². The van der Waals surface area contributed by atoms with E-state index in [4.69, 9.17) is 0 Å². The number of nitrogens with zero attached hydrogens (tertiary/aromatic N) is 4. The van der Waals surface area contributed by atoms with Crippen molar-refractivity contribution in [3.05, 3.63) is 29.7 Å². The van der Waals surface area contributed by atoms with Crippen molar-refractivity contribution in [2.45, 2.75) is 32.1 Å². The van der Waals surface area contributed by atoms with Crippen LogP contribution in [0.2, 0.25) is 0 Å². The monoisotopic (exact) mass is 359 g/mol. The molecule has 0 spiro atoms. The van der Waals surface area contributed by atoms with Crippen LogP contribution in [0.4, 0.5) is 0 Å². The first-order chi connectivity index (χ1) is 12.2. The fraction of sp³-hybridized carbons (Fsp3) is 0.471. The van der Waals surface area contributed by atoms with Crippen LogP contribution in [0.5, 0.6) is 0 Å². The number of carbonyl (C=O) groups excluding carboxylic acids is 2. The van der Waals surface area contributed by atoms with Crippen LogP contribution >= 0.6 is 11.3 Å². The SMILES string of the molecule is O=C(CN1CCCCCC1=O)NCCc1csc(-c2cnccn2)n1. The molecule has 1 fully saturated rings. The summed E-state index contributed by atoms with van der Waals surface area (Å²) in [4.78, 5) is 38.4. The number of hydrogen-bond donors (Lipinski definition) is 1. The highest BCUT2D eigenvalue weighted by Crippen LogP contribution is 2.20. The number of aromatic nitrogens is 3. The van der Waals surface area contributed by atoms with E-state index in [0.717, 1.165) is 35.7 Å². The first-order valence-electron chi connectivity index (χ1n) is 8.47. The van der Waals surface area contributed by atoms with E-state index in [-0.39, 0.29) is 18.4 Å². The number of nitrogens with one attached hydrogen (secondary N) is 1. The predicted molar refractivity (Wildman–Crippen MR) is 94.9 cm³/mol. The molecule has 1 N–H and O–H groups in total. The van der Waals surface area contributed by atoms with Crippen LogP contribution in [0.25, 0.3) is 10.7 Å². The number of carbonyl (C=O) groups is 2. The Morgan fingerprint density at radius 2 is 2.20 bits per heavy atom. The summed E-state index contributed by atoms with van der Waals surface area (Å²) >= 11 is 1.51. The van der Waals surface area contributed by atoms with Gasteiger partial charge in [-0.15, -0.1) is 11.3 Å². The molecule has 0 aromatic carbocycles. The lowest BCUT2D eigenvalue weighted by atomic mass is 10.2. The quantitative estimate of drug-likeness (QED) is 0.847. The zero-order chi connectivity index (χ0) is 17.5. The van der Waals surface area contributed by atoms with Crippen molar-refractivity contribution in [1.29, 1.82) is 0 Å². The van der Waals surface area contributed by atoms with Gasteiger partial charge in [-0.25, -0.2) is 4.98 Å². The molecule has 0 radical (unpaired) electrons. The molecule has 3 rings (SSSR count). The highest BCUT2D eigenvalue weighted by molar-refractivity contribution is 7.13. The third-order valence-electron chi connectivity index (χ3n) is 4.04. The molecule has 7 nitrogen and oxygen atoms in total. The van der Waals surface area contributed by atoms with Crippen molar-refractivity contribution < 1.29 is 9.59 Å². The maximum atomic E-state index is 12.0. The van der Waals surface area contributed by atoms with E-state index in [2.05, 4.69) is 20.3 Å². The van der Waals surface area contributed by atoms with E-state index in [1.165, 1.54) is 11.3 Å². The van der Waals surface area contributed by atoms with Gasteiger partial charge in [0.25, 0.3) is 0 Å². The van der Waals surface area contributed by atoms with Gasteiger partial charge in [0.2, 0.25) is 11.8 Å². The van der Waals surface area contributed by atoms with Gasteiger partial charge in [0.15, 0.2) is 0 Å². The number of likely N-dealkylation sites (tertiary alicyclic amines) is 1. The van der Waals surface area contributed by atoms with E-state index in [9.17, 15) is 9.59 Å². The molecule has 2 amide bonds. The van der Waals surface area contributed by atoms with E-state index in [1.807, 2.05) is 5.38 Å². The topological polar surface area (TPSA) is 88.1 Å². The molecular weight excluding hydrogens is 338 g/mol. The maximum Gasteiger partial charge on any atom is 0.239 e. The second kappa shape index (κ2) is 8.66. The molecule has 0 bridgehead atoms. The van der Waals surface area contributed by atoms with Crippen LogP contribution in [0.15, 0.2) is 24.0 Å². The highest BCUT2D eigenvalue weighted by Gasteiger charge is 2.18. The van der Waals surface area contributed by atoms with Crippen LogP contribution in [-0.2, 0) is 16.0 Å². The summed E-state index contributed by atoms with van der Waals surface area (Å²) in [6.45, 7) is 1.34. The second-order valence-electron chi connectivity index (χ2n) is 5.96. The summed E-state index contributed by atoms with van der Waals surface area (Å²) in [6, 6.07) is 0. The van der Waals surface area contributed by atoms with Gasteiger partial charge in [-0.05, 0) is 12.8 Å². The molecule has 8 heteroatoms. The summed E-state index contributed by atoms with van der Waals surface area (Å²) in [5.41, 5.74) is 1.67. The Bertz CT molecular complexity index is 719. The molecular formula is C17H21N5O2S. The minimum Gasteiger partial charge on any atom is -0.354 e. The van der Waals surface area contributed by atoms with Crippen molar-refractivity contribution in [3.63, 3.8) is 0 Å². The Labute approximate surface area is 150 Å². The number of thiazole rings is 1. The first-order valence-corrected chi connectivity index (χ1v) is 9.35. The van der Waals surface area contributed by atoms with Gasteiger partial charge in [-0.2, -0.15) is 0 Å². The van der Waals surface area contributed by atoms with E-state index >= 15 is 0 Å². The van der Waals surface area contributed by atoms with E-state index in [0.29, 0.717) is 25.9 Å². The maximum absolute atomic E-state index is 12.0. The molecule has 25 heavy (non-hydrogen) atoms. The standard InChI is InChI=1S/C17H21N5O2S/c23-15(11-22-9-3-1-2-4-16(22)24)20-6-5-13-12-25-17(21-13)14-10-18-7-8-19-14/h7-8,10,12H,1-6,9,11H2,(H,20,23). The molecule has 0 aliphatic carbocycles. The van der Waals surface area contributed by atoms with Crippen molar-refractivity contribution >= 4 is 23.2 Å². The Kier molecular flexibility index (Phi) is 6.05. The summed E-state index contributed by atoms with van der Waals surface area (Å²) in [5, 5.41) is 5.66. The molecule has 2 aromatic heterocycles. The zero-order valence-electron chi connectivity index (χ0n) is 14.0. The van der Waals surface area contributed by atoms with Crippen molar-refractivity contribution in [1.82, 2.24) is 25.2 Å². The smallest absolute Gasteiger partial charge is 0.239 e. The average Bonchev–Trinajstić information content (AvgIpc) is 3.01. The molecule has 0 unspecified atom stereocenters. The van der Waals surface area contributed by atoms with Gasteiger partial charge in [0.05, 0.1) is 18.4 Å². The average molecular weight is 359 g/mol. The Morgan fingerprint density at radius 3 is 3.04 bits per heavy atom. The van der Waals surface area contributed by atoms with Crippen LogP contribution < -0.4 is 5.32 Å². The minimum absolute atomic E-state index is 0.0840. The molecule has 2 aromatic rings. The summed E-state index contributed by atoms with van der Waals surface area (Å²) < 4.78 is 0. The third-order valence-corrected chi connectivity index (χ3v) is 4.96. The molecule has 132 valence electrons. The number of amides is 2. The Morgan fingerprint density at radius 1 is 1.28 bits per heavy atom. The van der Waals surface area contributed by atoms with Crippen LogP contribution in [0.3, 0.4) is 0 Å². The number of hydrogen-bond acceptors (Lipinski definition) is 6.